The molecule has 1 saturated carbocycles. The van der Waals surface area contributed by atoms with Gasteiger partial charge in [0.2, 0.25) is 0 Å². The molecule has 0 unspecified atom stereocenters. The lowest BCUT2D eigenvalue weighted by Crippen LogP contribution is -2.38. The number of nitrogen functional groups attached to an aromatic ring is 1. The number of aromatic amines is 1. The van der Waals surface area contributed by atoms with E-state index in [9.17, 15) is 18.0 Å². The highest BCUT2D eigenvalue weighted by Gasteiger charge is 2.32. The van der Waals surface area contributed by atoms with Crippen molar-refractivity contribution in [2.24, 2.45) is 0 Å². The second-order valence-electron chi connectivity index (χ2n) is 9.43. The van der Waals surface area contributed by atoms with Gasteiger partial charge in [-0.1, -0.05) is 19.3 Å². The van der Waals surface area contributed by atoms with Crippen molar-refractivity contribution in [3.63, 3.8) is 0 Å². The molecular weight excluding hydrogens is 459 g/mol. The topological polar surface area (TPSA) is 97.1 Å². The fourth-order valence-corrected chi connectivity index (χ4v) is 5.33. The Hall–Kier alpha value is -3.30. The van der Waals surface area contributed by atoms with E-state index >= 15 is 0 Å². The number of piperidine rings is 1. The Morgan fingerprint density at radius 3 is 2.51 bits per heavy atom. The van der Waals surface area contributed by atoms with E-state index in [2.05, 4.69) is 14.7 Å². The SMILES string of the molecule is Nc1cc(OC(F)(F)F)ccc1C(=O)N1CCC(c2c[nH]c3ncc(C4CCCCC4)nc23)CC1. The first-order valence-electron chi connectivity index (χ1n) is 12.1. The smallest absolute Gasteiger partial charge is 0.406 e. The van der Waals surface area contributed by atoms with E-state index < -0.39 is 12.1 Å². The number of benzene rings is 1. The van der Waals surface area contributed by atoms with Crippen molar-refractivity contribution in [3.8, 4) is 5.75 Å². The molecule has 1 aliphatic carbocycles. The second kappa shape index (κ2) is 9.39. The molecule has 0 bridgehead atoms. The van der Waals surface area contributed by atoms with Crippen molar-refractivity contribution in [2.45, 2.75) is 63.1 Å². The maximum Gasteiger partial charge on any atom is 0.573 e. The first-order valence-corrected chi connectivity index (χ1v) is 12.1. The standard InChI is InChI=1S/C25H28F3N5O2/c26-25(27,28)35-17-6-7-18(20(29)12-17)24(34)33-10-8-15(9-11-33)19-13-30-23-22(19)32-21(14-31-23)16-4-2-1-3-5-16/h6-7,12-16H,1-5,8-11,29H2,(H,30,31). The van der Waals surface area contributed by atoms with Gasteiger partial charge in [0.05, 0.1) is 17.5 Å². The molecule has 1 saturated heterocycles. The zero-order valence-electron chi connectivity index (χ0n) is 19.3. The average Bonchev–Trinajstić information content (AvgIpc) is 3.27. The number of likely N-dealkylation sites (tertiary alicyclic amines) is 1. The second-order valence-corrected chi connectivity index (χ2v) is 9.43. The molecule has 0 atom stereocenters. The van der Waals surface area contributed by atoms with Crippen LogP contribution in [-0.2, 0) is 0 Å². The molecule has 10 heteroatoms. The summed E-state index contributed by atoms with van der Waals surface area (Å²) in [6.07, 6.45) is 6.65. The summed E-state index contributed by atoms with van der Waals surface area (Å²) in [6.45, 7) is 1.04. The maximum atomic E-state index is 13.0. The molecule has 5 rings (SSSR count). The van der Waals surface area contributed by atoms with Gasteiger partial charge in [0.15, 0.2) is 5.65 Å². The van der Waals surface area contributed by atoms with Crippen molar-refractivity contribution < 1.29 is 22.7 Å². The Morgan fingerprint density at radius 1 is 1.09 bits per heavy atom. The highest BCUT2D eigenvalue weighted by molar-refractivity contribution is 5.99. The lowest BCUT2D eigenvalue weighted by molar-refractivity contribution is -0.274. The van der Waals surface area contributed by atoms with Gasteiger partial charge >= 0.3 is 6.36 Å². The summed E-state index contributed by atoms with van der Waals surface area (Å²) in [6, 6.07) is 3.42. The molecule has 3 heterocycles. The van der Waals surface area contributed by atoms with E-state index in [0.717, 1.165) is 60.2 Å². The van der Waals surface area contributed by atoms with Gasteiger partial charge in [-0.05, 0) is 43.7 Å². The van der Waals surface area contributed by atoms with Crippen LogP contribution in [0.25, 0.3) is 11.2 Å². The zero-order valence-corrected chi connectivity index (χ0v) is 19.3. The maximum absolute atomic E-state index is 13.0. The number of aromatic nitrogens is 3. The Morgan fingerprint density at radius 2 is 1.83 bits per heavy atom. The average molecular weight is 488 g/mol. The third kappa shape index (κ3) is 5.06. The number of anilines is 1. The largest absolute Gasteiger partial charge is 0.573 e. The summed E-state index contributed by atoms with van der Waals surface area (Å²) in [5.74, 6) is -0.0269. The van der Waals surface area contributed by atoms with Gasteiger partial charge in [-0.2, -0.15) is 0 Å². The minimum Gasteiger partial charge on any atom is -0.406 e. The highest BCUT2D eigenvalue weighted by Crippen LogP contribution is 2.36. The van der Waals surface area contributed by atoms with Crippen molar-refractivity contribution in [2.75, 3.05) is 18.8 Å². The number of ether oxygens (including phenoxy) is 1. The van der Waals surface area contributed by atoms with E-state index in [1.54, 1.807) is 4.90 Å². The summed E-state index contributed by atoms with van der Waals surface area (Å²) in [5.41, 5.74) is 9.91. The molecule has 1 amide bonds. The fourth-order valence-electron chi connectivity index (χ4n) is 5.33. The molecule has 186 valence electrons. The van der Waals surface area contributed by atoms with Crippen LogP contribution in [0.4, 0.5) is 18.9 Å². The number of halogens is 3. The number of amides is 1. The van der Waals surface area contributed by atoms with Gasteiger partial charge in [0, 0.05) is 42.5 Å². The van der Waals surface area contributed by atoms with Crippen molar-refractivity contribution in [1.29, 1.82) is 0 Å². The minimum atomic E-state index is -4.82. The number of alkyl halides is 3. The van der Waals surface area contributed by atoms with E-state index in [1.807, 2.05) is 12.4 Å². The normalized spacial score (nSPS) is 18.2. The third-order valence-electron chi connectivity index (χ3n) is 7.16. The van der Waals surface area contributed by atoms with Gasteiger partial charge in [-0.15, -0.1) is 13.2 Å². The van der Waals surface area contributed by atoms with Gasteiger partial charge in [0.25, 0.3) is 5.91 Å². The van der Waals surface area contributed by atoms with Crippen LogP contribution in [-0.4, -0.2) is 45.2 Å². The van der Waals surface area contributed by atoms with Crippen LogP contribution in [0, 0.1) is 0 Å². The number of H-pyrrole nitrogens is 1. The molecule has 2 aromatic heterocycles. The first kappa shape index (κ1) is 23.4. The van der Waals surface area contributed by atoms with Gasteiger partial charge in [0.1, 0.15) is 11.3 Å². The minimum absolute atomic E-state index is 0.0407. The zero-order chi connectivity index (χ0) is 24.6. The van der Waals surface area contributed by atoms with Crippen LogP contribution in [0.3, 0.4) is 0 Å². The molecule has 3 N–H and O–H groups in total. The molecule has 0 radical (unpaired) electrons. The Balaban J connectivity index is 1.27. The van der Waals surface area contributed by atoms with Crippen LogP contribution in [0.1, 0.15) is 78.4 Å². The quantitative estimate of drug-likeness (QED) is 0.473. The molecule has 2 aliphatic rings. The molecule has 0 spiro atoms. The predicted molar refractivity (Wildman–Crippen MR) is 125 cm³/mol. The summed E-state index contributed by atoms with van der Waals surface area (Å²) in [5, 5.41) is 0. The lowest BCUT2D eigenvalue weighted by atomic mass is 9.87. The number of hydrogen-bond acceptors (Lipinski definition) is 5. The highest BCUT2D eigenvalue weighted by atomic mass is 19.4. The molecule has 3 aromatic rings. The monoisotopic (exact) mass is 487 g/mol. The van der Waals surface area contributed by atoms with Crippen LogP contribution in [0.5, 0.6) is 5.75 Å². The van der Waals surface area contributed by atoms with Crippen molar-refractivity contribution >= 4 is 22.8 Å². The van der Waals surface area contributed by atoms with E-state index in [4.69, 9.17) is 10.7 Å². The molecule has 7 nitrogen and oxygen atoms in total. The van der Waals surface area contributed by atoms with Gasteiger partial charge < -0.3 is 20.4 Å². The molecule has 1 aliphatic heterocycles. The van der Waals surface area contributed by atoms with Gasteiger partial charge in [-0.25, -0.2) is 9.97 Å². The van der Waals surface area contributed by atoms with Crippen molar-refractivity contribution in [1.82, 2.24) is 19.9 Å². The van der Waals surface area contributed by atoms with Crippen LogP contribution in [0.15, 0.2) is 30.6 Å². The summed E-state index contributed by atoms with van der Waals surface area (Å²) >= 11 is 0. The number of carbonyl (C=O) groups excluding carboxylic acids is 1. The number of hydrogen-bond donors (Lipinski definition) is 2. The fraction of sp³-hybridized carbons (Fsp3) is 0.480. The van der Waals surface area contributed by atoms with E-state index in [0.29, 0.717) is 19.0 Å². The number of rotatable bonds is 4. The van der Waals surface area contributed by atoms with Crippen LogP contribution >= 0.6 is 0 Å². The third-order valence-corrected chi connectivity index (χ3v) is 7.16. The number of fused-ring (bicyclic) bond motifs is 1. The number of carbonyl (C=O) groups is 1. The molecule has 2 fully saturated rings. The Labute approximate surface area is 200 Å². The summed E-state index contributed by atoms with van der Waals surface area (Å²) in [7, 11) is 0. The lowest BCUT2D eigenvalue weighted by Gasteiger charge is -2.32. The first-order chi connectivity index (χ1) is 16.8. The van der Waals surface area contributed by atoms with Crippen LogP contribution < -0.4 is 10.5 Å². The molecule has 35 heavy (non-hydrogen) atoms. The Bertz CT molecular complexity index is 1210. The number of nitrogens with two attached hydrogens (primary N) is 1. The van der Waals surface area contributed by atoms with Crippen LogP contribution in [0.2, 0.25) is 0 Å². The molecular formula is C25H28F3N5O2. The number of nitrogens with one attached hydrogen (secondary N) is 1. The summed E-state index contributed by atoms with van der Waals surface area (Å²) < 4.78 is 41.2. The summed E-state index contributed by atoms with van der Waals surface area (Å²) in [4.78, 5) is 27.5. The Kier molecular flexibility index (Phi) is 6.29. The molecule has 1 aromatic carbocycles. The number of nitrogens with zero attached hydrogens (tertiary/aromatic N) is 3. The predicted octanol–water partition coefficient (Wildman–Crippen LogP) is 5.51. The van der Waals surface area contributed by atoms with Crippen molar-refractivity contribution in [3.05, 3.63) is 47.4 Å². The van der Waals surface area contributed by atoms with E-state index in [-0.39, 0.29) is 23.1 Å². The van der Waals surface area contributed by atoms with Gasteiger partial charge in [-0.3, -0.25) is 4.79 Å². The van der Waals surface area contributed by atoms with E-state index in [1.165, 1.54) is 25.3 Å².